The number of nitrogens with one attached hydrogen (secondary N) is 1. The van der Waals surface area contributed by atoms with Gasteiger partial charge in [-0.1, -0.05) is 30.3 Å². The Morgan fingerprint density at radius 2 is 2.04 bits per heavy atom. The van der Waals surface area contributed by atoms with Gasteiger partial charge in [-0.3, -0.25) is 4.79 Å². The van der Waals surface area contributed by atoms with Gasteiger partial charge in [0.2, 0.25) is 6.29 Å². The van der Waals surface area contributed by atoms with Gasteiger partial charge < -0.3 is 19.9 Å². The Kier molecular flexibility index (Phi) is 6.48. The molecule has 1 aliphatic carbocycles. The number of amides is 1. The van der Waals surface area contributed by atoms with Crippen LogP contribution in [-0.4, -0.2) is 30.5 Å². The summed E-state index contributed by atoms with van der Waals surface area (Å²) in [7, 11) is 0. The molecule has 3 rings (SSSR count). The third-order valence-electron chi connectivity index (χ3n) is 4.69. The van der Waals surface area contributed by atoms with E-state index in [-0.39, 0.29) is 18.8 Å². The minimum absolute atomic E-state index is 0.173. The van der Waals surface area contributed by atoms with Crippen molar-refractivity contribution >= 4 is 5.91 Å². The van der Waals surface area contributed by atoms with Crippen molar-refractivity contribution in [1.29, 1.82) is 0 Å². The van der Waals surface area contributed by atoms with Gasteiger partial charge in [-0.15, -0.1) is 0 Å². The summed E-state index contributed by atoms with van der Waals surface area (Å²) in [6, 6.07) is 9.83. The average molecular weight is 345 g/mol. The Morgan fingerprint density at radius 1 is 1.24 bits per heavy atom. The third-order valence-corrected chi connectivity index (χ3v) is 4.69. The molecule has 2 atom stereocenters. The molecular formula is C20H27NO4. The molecule has 2 aliphatic rings. The number of aliphatic hydroxyl groups is 1. The van der Waals surface area contributed by atoms with Gasteiger partial charge >= 0.3 is 0 Å². The van der Waals surface area contributed by atoms with Crippen LogP contribution in [0.1, 0.15) is 37.7 Å². The molecule has 1 amide bonds. The van der Waals surface area contributed by atoms with Crippen molar-refractivity contribution in [3.63, 3.8) is 0 Å². The summed E-state index contributed by atoms with van der Waals surface area (Å²) in [6.07, 6.45) is 6.37. The van der Waals surface area contributed by atoms with Crippen molar-refractivity contribution in [2.24, 2.45) is 11.8 Å². The van der Waals surface area contributed by atoms with E-state index in [1.807, 2.05) is 36.4 Å². The molecule has 0 bridgehead atoms. The van der Waals surface area contributed by atoms with Crippen LogP contribution in [0.25, 0.3) is 0 Å². The largest absolute Gasteiger partial charge is 0.459 e. The summed E-state index contributed by atoms with van der Waals surface area (Å²) in [5.74, 6) is 1.21. The maximum Gasteiger partial charge on any atom is 0.286 e. The van der Waals surface area contributed by atoms with Crippen LogP contribution in [0.2, 0.25) is 0 Å². The lowest BCUT2D eigenvalue weighted by Gasteiger charge is -2.29. The van der Waals surface area contributed by atoms with Gasteiger partial charge in [0.15, 0.2) is 5.76 Å². The highest BCUT2D eigenvalue weighted by molar-refractivity contribution is 5.91. The van der Waals surface area contributed by atoms with Gasteiger partial charge in [0.25, 0.3) is 5.91 Å². The smallest absolute Gasteiger partial charge is 0.286 e. The molecule has 0 unspecified atom stereocenters. The summed E-state index contributed by atoms with van der Waals surface area (Å²) in [6.45, 7) is 1.20. The van der Waals surface area contributed by atoms with Crippen molar-refractivity contribution in [2.45, 2.75) is 44.9 Å². The number of rotatable bonds is 9. The second-order valence-corrected chi connectivity index (χ2v) is 6.79. The fourth-order valence-electron chi connectivity index (χ4n) is 3.09. The zero-order valence-corrected chi connectivity index (χ0v) is 14.5. The van der Waals surface area contributed by atoms with E-state index in [9.17, 15) is 4.79 Å². The van der Waals surface area contributed by atoms with Crippen molar-refractivity contribution in [2.75, 3.05) is 13.2 Å². The number of aliphatic hydroxyl groups excluding tert-OH is 1. The van der Waals surface area contributed by atoms with E-state index in [1.54, 1.807) is 0 Å². The molecule has 5 heteroatoms. The summed E-state index contributed by atoms with van der Waals surface area (Å²) < 4.78 is 11.6. The fraction of sp³-hybridized carbons (Fsp3) is 0.550. The molecule has 0 spiro atoms. The maximum absolute atomic E-state index is 12.5. The molecule has 136 valence electrons. The van der Waals surface area contributed by atoms with Crippen molar-refractivity contribution in [3.05, 3.63) is 47.7 Å². The lowest BCUT2D eigenvalue weighted by molar-refractivity contribution is -0.150. The topological polar surface area (TPSA) is 67.8 Å². The minimum atomic E-state index is -0.369. The summed E-state index contributed by atoms with van der Waals surface area (Å²) >= 11 is 0. The number of unbranched alkanes of at least 4 members (excludes halogenated alkanes) is 1. The Hall–Kier alpha value is -1.85. The van der Waals surface area contributed by atoms with Crippen molar-refractivity contribution in [1.82, 2.24) is 5.32 Å². The first kappa shape index (κ1) is 18.0. The Labute approximate surface area is 149 Å². The first-order chi connectivity index (χ1) is 12.3. The van der Waals surface area contributed by atoms with Crippen LogP contribution in [0, 0.1) is 11.8 Å². The van der Waals surface area contributed by atoms with Crippen molar-refractivity contribution < 1.29 is 19.4 Å². The number of ether oxygens (including phenoxy) is 2. The monoisotopic (exact) mass is 345 g/mol. The molecule has 1 aromatic rings. The Balaban J connectivity index is 1.54. The normalized spacial score (nSPS) is 22.8. The van der Waals surface area contributed by atoms with E-state index < -0.39 is 0 Å². The SMILES string of the molecule is O=C(NCc1ccccc1)C1=C[C@@H](C2CC2)C[C@@H](OCCCCO)O1. The van der Waals surface area contributed by atoms with E-state index in [0.717, 1.165) is 24.8 Å². The van der Waals surface area contributed by atoms with Crippen LogP contribution < -0.4 is 5.32 Å². The van der Waals surface area contributed by atoms with E-state index in [1.165, 1.54) is 12.8 Å². The summed E-state index contributed by atoms with van der Waals surface area (Å²) in [5.41, 5.74) is 1.06. The summed E-state index contributed by atoms with van der Waals surface area (Å²) in [4.78, 5) is 12.5. The van der Waals surface area contributed by atoms with Gasteiger partial charge in [-0.2, -0.15) is 0 Å². The molecular weight excluding hydrogens is 318 g/mol. The highest BCUT2D eigenvalue weighted by Crippen LogP contribution is 2.42. The van der Waals surface area contributed by atoms with Crippen LogP contribution in [0.5, 0.6) is 0 Å². The lowest BCUT2D eigenvalue weighted by atomic mass is 9.96. The molecule has 1 aromatic carbocycles. The van der Waals surface area contributed by atoms with Gasteiger partial charge in [0.05, 0.1) is 6.61 Å². The van der Waals surface area contributed by atoms with Crippen LogP contribution in [0.15, 0.2) is 42.2 Å². The lowest BCUT2D eigenvalue weighted by Crippen LogP contribution is -2.33. The highest BCUT2D eigenvalue weighted by Gasteiger charge is 2.37. The van der Waals surface area contributed by atoms with Crippen LogP contribution in [-0.2, 0) is 20.8 Å². The Bertz CT molecular complexity index is 583. The van der Waals surface area contributed by atoms with Crippen LogP contribution in [0.4, 0.5) is 0 Å². The number of carbonyl (C=O) groups excluding carboxylic acids is 1. The molecule has 5 nitrogen and oxygen atoms in total. The zero-order valence-electron chi connectivity index (χ0n) is 14.5. The number of hydrogen-bond acceptors (Lipinski definition) is 4. The predicted molar refractivity (Wildman–Crippen MR) is 94.3 cm³/mol. The Morgan fingerprint density at radius 3 is 2.76 bits per heavy atom. The molecule has 1 saturated carbocycles. The average Bonchev–Trinajstić information content (AvgIpc) is 3.49. The standard InChI is InChI=1S/C20H27NO4/c22-10-4-5-11-24-19-13-17(16-8-9-16)12-18(25-19)20(23)21-14-15-6-2-1-3-7-15/h1-3,6-7,12,16-17,19,22H,4-5,8-11,13-14H2,(H,21,23)/t17-,19+/m1/s1. The molecule has 0 aromatic heterocycles. The van der Waals surface area contributed by atoms with E-state index >= 15 is 0 Å². The molecule has 0 radical (unpaired) electrons. The molecule has 0 saturated heterocycles. The summed E-state index contributed by atoms with van der Waals surface area (Å²) in [5, 5.41) is 11.8. The van der Waals surface area contributed by atoms with Crippen LogP contribution >= 0.6 is 0 Å². The van der Waals surface area contributed by atoms with E-state index in [2.05, 4.69) is 5.32 Å². The van der Waals surface area contributed by atoms with Gasteiger partial charge in [0, 0.05) is 19.6 Å². The fourth-order valence-corrected chi connectivity index (χ4v) is 3.09. The number of carbonyl (C=O) groups is 1. The second kappa shape index (κ2) is 9.02. The van der Waals surface area contributed by atoms with Gasteiger partial charge in [-0.25, -0.2) is 0 Å². The number of benzene rings is 1. The van der Waals surface area contributed by atoms with Gasteiger partial charge in [-0.05, 0) is 49.2 Å². The molecule has 1 fully saturated rings. The van der Waals surface area contributed by atoms with Crippen molar-refractivity contribution in [3.8, 4) is 0 Å². The molecule has 25 heavy (non-hydrogen) atoms. The van der Waals surface area contributed by atoms with Crippen LogP contribution in [0.3, 0.4) is 0 Å². The highest BCUT2D eigenvalue weighted by atomic mass is 16.7. The molecule has 1 aliphatic heterocycles. The number of allylic oxidation sites excluding steroid dienone is 1. The quantitative estimate of drug-likeness (QED) is 0.675. The van der Waals surface area contributed by atoms with Gasteiger partial charge in [0.1, 0.15) is 0 Å². The predicted octanol–water partition coefficient (Wildman–Crippen LogP) is 2.75. The van der Waals surface area contributed by atoms with E-state index in [4.69, 9.17) is 14.6 Å². The van der Waals surface area contributed by atoms with E-state index in [0.29, 0.717) is 30.7 Å². The number of hydrogen-bond donors (Lipinski definition) is 2. The first-order valence-electron chi connectivity index (χ1n) is 9.19. The second-order valence-electron chi connectivity index (χ2n) is 6.79. The molecule has 1 heterocycles. The first-order valence-corrected chi connectivity index (χ1v) is 9.19. The maximum atomic E-state index is 12.5. The minimum Gasteiger partial charge on any atom is -0.459 e. The molecule has 2 N–H and O–H groups in total. The third kappa shape index (κ3) is 5.58. The zero-order chi connectivity index (χ0) is 17.5.